The van der Waals surface area contributed by atoms with Gasteiger partial charge in [0.2, 0.25) is 5.75 Å². The van der Waals surface area contributed by atoms with Crippen molar-refractivity contribution in [2.75, 3.05) is 34.9 Å². The van der Waals surface area contributed by atoms with E-state index >= 15 is 0 Å². The lowest BCUT2D eigenvalue weighted by Gasteiger charge is -2.26. The van der Waals surface area contributed by atoms with Crippen LogP contribution in [0.4, 0.5) is 0 Å². The molecule has 2 rings (SSSR count). The number of benzene rings is 1. The summed E-state index contributed by atoms with van der Waals surface area (Å²) in [6.07, 6.45) is 6.69. The molecule has 0 heterocycles. The average Bonchev–Trinajstić information content (AvgIpc) is 2.69. The molecule has 0 saturated heterocycles. The van der Waals surface area contributed by atoms with E-state index in [1.165, 1.54) is 32.1 Å². The topological polar surface area (TPSA) is 64.1 Å². The first kappa shape index (κ1) is 24.7. The van der Waals surface area contributed by atoms with E-state index < -0.39 is 0 Å². The van der Waals surface area contributed by atoms with Crippen molar-refractivity contribution < 1.29 is 14.2 Å². The maximum Gasteiger partial charge on any atom is 0.203 e. The molecule has 160 valence electrons. The molecule has 0 radical (unpaired) electrons. The number of nitrogens with zero attached hydrogens (tertiary/aromatic N) is 1. The summed E-state index contributed by atoms with van der Waals surface area (Å²) in [5, 5.41) is 6.79. The second-order valence-electron chi connectivity index (χ2n) is 7.31. The second kappa shape index (κ2) is 13.0. The molecule has 1 saturated carbocycles. The Morgan fingerprint density at radius 3 is 2.29 bits per heavy atom. The molecular formula is C21H36IN3O3. The van der Waals surface area contributed by atoms with Gasteiger partial charge in [0, 0.05) is 20.1 Å². The van der Waals surface area contributed by atoms with Gasteiger partial charge in [0.15, 0.2) is 17.5 Å². The fraction of sp³-hybridized carbons (Fsp3) is 0.667. The summed E-state index contributed by atoms with van der Waals surface area (Å²) in [7, 11) is 6.66. The lowest BCUT2D eigenvalue weighted by atomic mass is 9.81. The van der Waals surface area contributed by atoms with Crippen LogP contribution in [0.3, 0.4) is 0 Å². The van der Waals surface area contributed by atoms with Gasteiger partial charge in [-0.2, -0.15) is 0 Å². The average molecular weight is 505 g/mol. The Morgan fingerprint density at radius 2 is 1.75 bits per heavy atom. The van der Waals surface area contributed by atoms with Crippen LogP contribution in [-0.4, -0.2) is 40.9 Å². The van der Waals surface area contributed by atoms with Crippen molar-refractivity contribution in [2.45, 2.75) is 45.6 Å². The molecule has 1 fully saturated rings. The van der Waals surface area contributed by atoms with Crippen LogP contribution >= 0.6 is 24.0 Å². The van der Waals surface area contributed by atoms with Gasteiger partial charge in [0.25, 0.3) is 0 Å². The lowest BCUT2D eigenvalue weighted by molar-refractivity contribution is 0.270. The Hall–Kier alpha value is -1.38. The first-order valence-electron chi connectivity index (χ1n) is 9.84. The van der Waals surface area contributed by atoms with E-state index in [1.54, 1.807) is 28.4 Å². The van der Waals surface area contributed by atoms with Crippen LogP contribution in [0.25, 0.3) is 0 Å². The molecule has 28 heavy (non-hydrogen) atoms. The number of ether oxygens (including phenoxy) is 3. The summed E-state index contributed by atoms with van der Waals surface area (Å²) in [6, 6.07) is 3.90. The van der Waals surface area contributed by atoms with E-state index in [4.69, 9.17) is 14.2 Å². The van der Waals surface area contributed by atoms with Crippen molar-refractivity contribution in [3.63, 3.8) is 0 Å². The Labute approximate surface area is 186 Å². The van der Waals surface area contributed by atoms with Gasteiger partial charge < -0.3 is 24.8 Å². The number of aliphatic imine (C=N–C) groups is 1. The fourth-order valence-corrected chi connectivity index (χ4v) is 3.86. The van der Waals surface area contributed by atoms with Crippen molar-refractivity contribution in [3.8, 4) is 17.2 Å². The SMILES string of the molecule is CN=C(NCCC1CCCC(C)C1)NCc1cc(OC)c(OC)c(OC)c1.I. The smallest absolute Gasteiger partial charge is 0.203 e. The van der Waals surface area contributed by atoms with Crippen LogP contribution < -0.4 is 24.8 Å². The number of guanidine groups is 1. The standard InChI is InChI=1S/C21H35N3O3.HI/c1-15-7-6-8-16(11-15)9-10-23-21(22-2)24-14-17-12-18(25-3)20(27-5)19(13-17)26-4;/h12-13,15-16H,6-11,14H2,1-5H3,(H2,22,23,24);1H. The molecule has 2 unspecified atom stereocenters. The molecule has 0 spiro atoms. The van der Waals surface area contributed by atoms with Gasteiger partial charge in [-0.1, -0.05) is 26.2 Å². The molecule has 2 atom stereocenters. The van der Waals surface area contributed by atoms with Gasteiger partial charge in [-0.15, -0.1) is 24.0 Å². The predicted molar refractivity (Wildman–Crippen MR) is 125 cm³/mol. The molecule has 6 nitrogen and oxygen atoms in total. The largest absolute Gasteiger partial charge is 0.493 e. The van der Waals surface area contributed by atoms with Gasteiger partial charge >= 0.3 is 0 Å². The normalized spacial score (nSPS) is 19.4. The third-order valence-electron chi connectivity index (χ3n) is 5.30. The maximum absolute atomic E-state index is 5.41. The number of hydrogen-bond donors (Lipinski definition) is 2. The minimum absolute atomic E-state index is 0. The van der Waals surface area contributed by atoms with Gasteiger partial charge in [-0.3, -0.25) is 4.99 Å². The van der Waals surface area contributed by atoms with Crippen molar-refractivity contribution in [2.24, 2.45) is 16.8 Å². The molecule has 7 heteroatoms. The molecule has 2 N–H and O–H groups in total. The minimum Gasteiger partial charge on any atom is -0.493 e. The molecular weight excluding hydrogens is 469 g/mol. The van der Waals surface area contributed by atoms with Crippen molar-refractivity contribution in [1.82, 2.24) is 10.6 Å². The second-order valence-corrected chi connectivity index (χ2v) is 7.31. The summed E-state index contributed by atoms with van der Waals surface area (Å²) in [5.74, 6) is 4.45. The van der Waals surface area contributed by atoms with Crippen LogP contribution in [-0.2, 0) is 6.54 Å². The highest BCUT2D eigenvalue weighted by Crippen LogP contribution is 2.38. The third-order valence-corrected chi connectivity index (χ3v) is 5.30. The van der Waals surface area contributed by atoms with Crippen LogP contribution in [0.1, 0.15) is 44.6 Å². The monoisotopic (exact) mass is 505 g/mol. The fourth-order valence-electron chi connectivity index (χ4n) is 3.86. The van der Waals surface area contributed by atoms with Crippen LogP contribution in [0, 0.1) is 11.8 Å². The predicted octanol–water partition coefficient (Wildman–Crippen LogP) is 4.21. The van der Waals surface area contributed by atoms with E-state index in [0.29, 0.717) is 23.8 Å². The zero-order valence-corrected chi connectivity index (χ0v) is 20.2. The molecule has 1 aromatic carbocycles. The van der Waals surface area contributed by atoms with Crippen LogP contribution in [0.5, 0.6) is 17.2 Å². The zero-order valence-electron chi connectivity index (χ0n) is 17.8. The molecule has 0 amide bonds. The zero-order chi connectivity index (χ0) is 19.6. The Bertz CT molecular complexity index is 600. The highest BCUT2D eigenvalue weighted by atomic mass is 127. The van der Waals surface area contributed by atoms with Crippen molar-refractivity contribution >= 4 is 29.9 Å². The van der Waals surface area contributed by atoms with Gasteiger partial charge in [-0.05, 0) is 42.4 Å². The molecule has 1 aliphatic rings. The first-order chi connectivity index (χ1) is 13.1. The van der Waals surface area contributed by atoms with E-state index in [2.05, 4.69) is 22.5 Å². The van der Waals surface area contributed by atoms with E-state index in [-0.39, 0.29) is 24.0 Å². The van der Waals surface area contributed by atoms with Crippen molar-refractivity contribution in [3.05, 3.63) is 17.7 Å². The summed E-state index contributed by atoms with van der Waals surface area (Å²) >= 11 is 0. The molecule has 0 bridgehead atoms. The summed E-state index contributed by atoms with van der Waals surface area (Å²) in [4.78, 5) is 4.33. The summed E-state index contributed by atoms with van der Waals surface area (Å²) in [6.45, 7) is 3.95. The maximum atomic E-state index is 5.41. The van der Waals surface area contributed by atoms with E-state index in [0.717, 1.165) is 29.9 Å². The Morgan fingerprint density at radius 1 is 1.07 bits per heavy atom. The van der Waals surface area contributed by atoms with E-state index in [9.17, 15) is 0 Å². The highest BCUT2D eigenvalue weighted by molar-refractivity contribution is 14.0. The van der Waals surface area contributed by atoms with Gasteiger partial charge in [0.1, 0.15) is 0 Å². The number of rotatable bonds is 8. The Balaban J connectivity index is 0.00000392. The van der Waals surface area contributed by atoms with Gasteiger partial charge in [0.05, 0.1) is 21.3 Å². The van der Waals surface area contributed by atoms with Crippen LogP contribution in [0.2, 0.25) is 0 Å². The van der Waals surface area contributed by atoms with Crippen molar-refractivity contribution in [1.29, 1.82) is 0 Å². The molecule has 0 aliphatic heterocycles. The summed E-state index contributed by atoms with van der Waals surface area (Å²) in [5.41, 5.74) is 1.04. The minimum atomic E-state index is 0. The number of hydrogen-bond acceptors (Lipinski definition) is 4. The molecule has 1 aromatic rings. The number of nitrogens with one attached hydrogen (secondary N) is 2. The number of halogens is 1. The van der Waals surface area contributed by atoms with Gasteiger partial charge in [-0.25, -0.2) is 0 Å². The first-order valence-corrected chi connectivity index (χ1v) is 9.84. The lowest BCUT2D eigenvalue weighted by Crippen LogP contribution is -2.38. The highest BCUT2D eigenvalue weighted by Gasteiger charge is 2.18. The molecule has 1 aliphatic carbocycles. The molecule has 0 aromatic heterocycles. The number of methoxy groups -OCH3 is 3. The third kappa shape index (κ3) is 7.22. The Kier molecular flexibility index (Phi) is 11.4. The van der Waals surface area contributed by atoms with Crippen LogP contribution in [0.15, 0.2) is 17.1 Å². The summed E-state index contributed by atoms with van der Waals surface area (Å²) < 4.78 is 16.2. The van der Waals surface area contributed by atoms with E-state index in [1.807, 2.05) is 12.1 Å². The quantitative estimate of drug-likeness (QED) is 0.315.